The maximum atomic E-state index is 13.3. The molecule has 2 amide bonds. The molecule has 0 aliphatic carbocycles. The van der Waals surface area contributed by atoms with Crippen molar-refractivity contribution in [1.29, 1.82) is 0 Å². The van der Waals surface area contributed by atoms with E-state index in [0.29, 0.717) is 23.5 Å². The van der Waals surface area contributed by atoms with Gasteiger partial charge in [-0.3, -0.25) is 14.5 Å². The predicted octanol–water partition coefficient (Wildman–Crippen LogP) is 2.75. The van der Waals surface area contributed by atoms with E-state index in [1.165, 1.54) is 17.0 Å². The Kier molecular flexibility index (Phi) is 7.52. The zero-order chi connectivity index (χ0) is 20.7. The molecule has 0 radical (unpaired) electrons. The summed E-state index contributed by atoms with van der Waals surface area (Å²) in [6, 6.07) is 12.7. The number of amides is 2. The fourth-order valence-corrected chi connectivity index (χ4v) is 2.76. The van der Waals surface area contributed by atoms with Crippen LogP contribution in [0.4, 0.5) is 10.1 Å². The van der Waals surface area contributed by atoms with E-state index >= 15 is 0 Å². The first kappa shape index (κ1) is 21.4. The second kappa shape index (κ2) is 9.85. The maximum Gasteiger partial charge on any atom is 0.239 e. The molecule has 0 aromatic heterocycles. The number of anilines is 1. The van der Waals surface area contributed by atoms with Crippen LogP contribution >= 0.6 is 0 Å². The van der Waals surface area contributed by atoms with Gasteiger partial charge in [0.15, 0.2) is 0 Å². The second-order valence-electron chi connectivity index (χ2n) is 6.70. The number of hydrogen-bond donors (Lipinski definition) is 1. The smallest absolute Gasteiger partial charge is 0.239 e. The fraction of sp³-hybridized carbons (Fsp3) is 0.333. The van der Waals surface area contributed by atoms with Crippen LogP contribution in [0, 0.1) is 5.82 Å². The summed E-state index contributed by atoms with van der Waals surface area (Å²) < 4.78 is 18.4. The van der Waals surface area contributed by atoms with Gasteiger partial charge in [0.1, 0.15) is 11.6 Å². The maximum absolute atomic E-state index is 13.3. The molecule has 0 saturated carbocycles. The monoisotopic (exact) mass is 387 g/mol. The molecule has 28 heavy (non-hydrogen) atoms. The van der Waals surface area contributed by atoms with Crippen molar-refractivity contribution in [2.45, 2.75) is 19.5 Å². The Morgan fingerprint density at radius 2 is 1.86 bits per heavy atom. The number of methoxy groups -OCH3 is 1. The quantitative estimate of drug-likeness (QED) is 0.757. The number of nitrogens with one attached hydrogen (secondary N) is 1. The van der Waals surface area contributed by atoms with Crippen molar-refractivity contribution >= 4 is 17.5 Å². The Hall–Kier alpha value is -2.93. The molecule has 0 spiro atoms. The number of benzene rings is 2. The van der Waals surface area contributed by atoms with E-state index in [4.69, 9.17) is 4.74 Å². The molecule has 0 aliphatic rings. The highest BCUT2D eigenvalue weighted by molar-refractivity contribution is 5.93. The predicted molar refractivity (Wildman–Crippen MR) is 107 cm³/mol. The molecular formula is C21H26FN3O3. The van der Waals surface area contributed by atoms with Crippen LogP contribution in [0.1, 0.15) is 12.5 Å². The van der Waals surface area contributed by atoms with E-state index in [1.54, 1.807) is 69.4 Å². The van der Waals surface area contributed by atoms with E-state index in [2.05, 4.69) is 5.32 Å². The molecule has 0 fully saturated rings. The Bertz CT molecular complexity index is 828. The molecule has 1 atom stereocenters. The highest BCUT2D eigenvalue weighted by Gasteiger charge is 2.23. The van der Waals surface area contributed by atoms with E-state index in [0.717, 1.165) is 0 Å². The molecule has 0 aliphatic heterocycles. The lowest BCUT2D eigenvalue weighted by atomic mass is 10.2. The normalized spacial score (nSPS) is 11.8. The molecule has 2 rings (SSSR count). The van der Waals surface area contributed by atoms with Crippen LogP contribution in [0.3, 0.4) is 0 Å². The lowest BCUT2D eigenvalue weighted by Crippen LogP contribution is -2.46. The zero-order valence-electron chi connectivity index (χ0n) is 16.6. The van der Waals surface area contributed by atoms with Gasteiger partial charge in [0.2, 0.25) is 11.8 Å². The summed E-state index contributed by atoms with van der Waals surface area (Å²) in [6.45, 7) is 2.09. The number of rotatable bonds is 8. The summed E-state index contributed by atoms with van der Waals surface area (Å²) in [5.74, 6) is -0.0736. The summed E-state index contributed by atoms with van der Waals surface area (Å²) in [6.07, 6.45) is 0. The SMILES string of the molecule is COc1cccc(NC(=O)CN(C)C(C)C(=O)N(C)Cc2cccc(F)c2)c1. The second-order valence-corrected chi connectivity index (χ2v) is 6.70. The molecule has 2 aromatic rings. The molecule has 1 N–H and O–H groups in total. The van der Waals surface area contributed by atoms with Crippen molar-refractivity contribution in [3.63, 3.8) is 0 Å². The molecule has 0 bridgehead atoms. The van der Waals surface area contributed by atoms with Crippen molar-refractivity contribution in [1.82, 2.24) is 9.80 Å². The van der Waals surface area contributed by atoms with Gasteiger partial charge in [0.05, 0.1) is 19.7 Å². The van der Waals surface area contributed by atoms with Crippen LogP contribution in [-0.2, 0) is 16.1 Å². The number of nitrogens with zero attached hydrogens (tertiary/aromatic N) is 2. The average Bonchev–Trinajstić information content (AvgIpc) is 2.66. The summed E-state index contributed by atoms with van der Waals surface area (Å²) in [7, 11) is 4.93. The Morgan fingerprint density at radius 1 is 1.14 bits per heavy atom. The highest BCUT2D eigenvalue weighted by Crippen LogP contribution is 2.16. The molecule has 0 saturated heterocycles. The van der Waals surface area contributed by atoms with Crippen LogP contribution < -0.4 is 10.1 Å². The van der Waals surface area contributed by atoms with Crippen LogP contribution in [0.5, 0.6) is 5.75 Å². The number of hydrogen-bond acceptors (Lipinski definition) is 4. The van der Waals surface area contributed by atoms with Gasteiger partial charge < -0.3 is 15.0 Å². The van der Waals surface area contributed by atoms with Gasteiger partial charge in [-0.25, -0.2) is 4.39 Å². The number of carbonyl (C=O) groups excluding carboxylic acids is 2. The van der Waals surface area contributed by atoms with E-state index < -0.39 is 6.04 Å². The summed E-state index contributed by atoms with van der Waals surface area (Å²) >= 11 is 0. The molecule has 0 heterocycles. The number of ether oxygens (including phenoxy) is 1. The van der Waals surface area contributed by atoms with Crippen molar-refractivity contribution in [3.8, 4) is 5.75 Å². The minimum Gasteiger partial charge on any atom is -0.497 e. The van der Waals surface area contributed by atoms with Gasteiger partial charge in [-0.05, 0) is 43.8 Å². The Morgan fingerprint density at radius 3 is 2.54 bits per heavy atom. The number of halogens is 1. The number of likely N-dealkylation sites (N-methyl/N-ethyl adjacent to an activating group) is 2. The van der Waals surface area contributed by atoms with Crippen molar-refractivity contribution in [2.24, 2.45) is 0 Å². The third kappa shape index (κ3) is 6.06. The zero-order valence-corrected chi connectivity index (χ0v) is 16.6. The van der Waals surface area contributed by atoms with Gasteiger partial charge in [0.25, 0.3) is 0 Å². The lowest BCUT2D eigenvalue weighted by molar-refractivity contribution is -0.135. The molecule has 7 heteroatoms. The molecule has 2 aromatic carbocycles. The first-order chi connectivity index (χ1) is 13.3. The van der Waals surface area contributed by atoms with Crippen LogP contribution in [-0.4, -0.2) is 55.4 Å². The van der Waals surface area contributed by atoms with Crippen LogP contribution in [0.15, 0.2) is 48.5 Å². The van der Waals surface area contributed by atoms with Gasteiger partial charge in [-0.2, -0.15) is 0 Å². The first-order valence-electron chi connectivity index (χ1n) is 8.93. The van der Waals surface area contributed by atoms with E-state index in [-0.39, 0.29) is 24.2 Å². The largest absolute Gasteiger partial charge is 0.497 e. The summed E-state index contributed by atoms with van der Waals surface area (Å²) in [5, 5.41) is 2.79. The third-order valence-corrected chi connectivity index (χ3v) is 4.45. The molecular weight excluding hydrogens is 361 g/mol. The van der Waals surface area contributed by atoms with Crippen LogP contribution in [0.2, 0.25) is 0 Å². The highest BCUT2D eigenvalue weighted by atomic mass is 19.1. The molecule has 1 unspecified atom stereocenters. The third-order valence-electron chi connectivity index (χ3n) is 4.45. The minimum atomic E-state index is -0.505. The topological polar surface area (TPSA) is 61.9 Å². The van der Waals surface area contributed by atoms with Crippen molar-refractivity contribution in [2.75, 3.05) is 33.1 Å². The van der Waals surface area contributed by atoms with Gasteiger partial charge in [-0.15, -0.1) is 0 Å². The number of carbonyl (C=O) groups is 2. The van der Waals surface area contributed by atoms with Crippen LogP contribution in [0.25, 0.3) is 0 Å². The van der Waals surface area contributed by atoms with Gasteiger partial charge in [-0.1, -0.05) is 18.2 Å². The summed E-state index contributed by atoms with van der Waals surface area (Å²) in [4.78, 5) is 28.1. The van der Waals surface area contributed by atoms with Crippen molar-refractivity contribution in [3.05, 3.63) is 59.9 Å². The standard InChI is InChI=1S/C21H26FN3O3/c1-15(21(27)25(3)13-16-7-5-8-17(22)11-16)24(2)14-20(26)23-18-9-6-10-19(12-18)28-4/h5-12,15H,13-14H2,1-4H3,(H,23,26). The molecule has 6 nitrogen and oxygen atoms in total. The Labute approximate surface area is 164 Å². The average molecular weight is 387 g/mol. The summed E-state index contributed by atoms with van der Waals surface area (Å²) in [5.41, 5.74) is 1.33. The van der Waals surface area contributed by atoms with Crippen molar-refractivity contribution < 1.29 is 18.7 Å². The fourth-order valence-electron chi connectivity index (χ4n) is 2.76. The lowest BCUT2D eigenvalue weighted by Gasteiger charge is -2.28. The first-order valence-corrected chi connectivity index (χ1v) is 8.93. The minimum absolute atomic E-state index is 0.0535. The Balaban J connectivity index is 1.90. The molecule has 150 valence electrons. The van der Waals surface area contributed by atoms with Gasteiger partial charge >= 0.3 is 0 Å². The van der Waals surface area contributed by atoms with Gasteiger partial charge in [0, 0.05) is 25.3 Å². The van der Waals surface area contributed by atoms with E-state index in [1.807, 2.05) is 0 Å². The van der Waals surface area contributed by atoms with E-state index in [9.17, 15) is 14.0 Å².